The van der Waals surface area contributed by atoms with E-state index >= 15 is 0 Å². The van der Waals surface area contributed by atoms with Crippen molar-refractivity contribution in [1.82, 2.24) is 0 Å². The SMILES string of the molecule is CC/C=C\C/C=C\C/C=C\CCCCCCCCCCCC(=O)OCC(COC(=O)CCCCCC/C=C\CCCC)OC(=O)CCCCCCC/C=C\CCCC. The first kappa shape index (κ1) is 55.1. The zero-order valence-corrected chi connectivity index (χ0v) is 38.0. The molecule has 0 aromatic heterocycles. The molecule has 0 rings (SSSR count). The first-order chi connectivity index (χ1) is 28.5. The van der Waals surface area contributed by atoms with E-state index in [0.29, 0.717) is 19.3 Å². The number of carbonyl (C=O) groups is 3. The third-order valence-electron chi connectivity index (χ3n) is 10.2. The third-order valence-corrected chi connectivity index (χ3v) is 10.2. The maximum atomic E-state index is 12.7. The average molecular weight is 811 g/mol. The molecular weight excluding hydrogens is 721 g/mol. The van der Waals surface area contributed by atoms with E-state index in [9.17, 15) is 14.4 Å². The molecular formula is C52H90O6. The molecule has 0 aromatic rings. The number of unbranched alkanes of at least 4 members (excludes halogenated alkanes) is 22. The average Bonchev–Trinajstić information content (AvgIpc) is 3.22. The largest absolute Gasteiger partial charge is 0.462 e. The highest BCUT2D eigenvalue weighted by molar-refractivity contribution is 5.71. The first-order valence-corrected chi connectivity index (χ1v) is 24.3. The van der Waals surface area contributed by atoms with Crippen LogP contribution < -0.4 is 0 Å². The third kappa shape index (κ3) is 44.2. The molecule has 0 aliphatic rings. The Morgan fingerprint density at radius 2 is 0.672 bits per heavy atom. The Balaban J connectivity index is 4.31. The minimum atomic E-state index is -0.782. The lowest BCUT2D eigenvalue weighted by atomic mass is 10.1. The maximum Gasteiger partial charge on any atom is 0.306 e. The van der Waals surface area contributed by atoms with Gasteiger partial charge in [-0.25, -0.2) is 0 Å². The van der Waals surface area contributed by atoms with Crippen LogP contribution in [0.3, 0.4) is 0 Å². The van der Waals surface area contributed by atoms with Gasteiger partial charge >= 0.3 is 17.9 Å². The molecule has 0 aromatic carbocycles. The Morgan fingerprint density at radius 3 is 1.07 bits per heavy atom. The number of rotatable bonds is 43. The molecule has 0 aliphatic carbocycles. The van der Waals surface area contributed by atoms with Crippen LogP contribution in [0.15, 0.2) is 60.8 Å². The lowest BCUT2D eigenvalue weighted by Gasteiger charge is -2.18. The lowest BCUT2D eigenvalue weighted by Crippen LogP contribution is -2.30. The summed E-state index contributed by atoms with van der Waals surface area (Å²) in [6.45, 7) is 6.42. The van der Waals surface area contributed by atoms with Gasteiger partial charge in [-0.2, -0.15) is 0 Å². The van der Waals surface area contributed by atoms with Crippen molar-refractivity contribution in [1.29, 1.82) is 0 Å². The monoisotopic (exact) mass is 811 g/mol. The second-order valence-electron chi connectivity index (χ2n) is 16.0. The molecule has 0 spiro atoms. The van der Waals surface area contributed by atoms with Crippen molar-refractivity contribution in [2.24, 2.45) is 0 Å². The normalized spacial score (nSPS) is 12.5. The summed E-state index contributed by atoms with van der Waals surface area (Å²) in [5.74, 6) is -0.914. The van der Waals surface area contributed by atoms with Gasteiger partial charge in [0.25, 0.3) is 0 Å². The van der Waals surface area contributed by atoms with Gasteiger partial charge in [-0.15, -0.1) is 0 Å². The zero-order valence-electron chi connectivity index (χ0n) is 38.0. The van der Waals surface area contributed by atoms with E-state index in [1.165, 1.54) is 83.5 Å². The minimum Gasteiger partial charge on any atom is -0.462 e. The topological polar surface area (TPSA) is 78.9 Å². The number of allylic oxidation sites excluding steroid dienone is 10. The van der Waals surface area contributed by atoms with E-state index in [2.05, 4.69) is 81.5 Å². The van der Waals surface area contributed by atoms with Gasteiger partial charge < -0.3 is 14.2 Å². The van der Waals surface area contributed by atoms with E-state index in [1.807, 2.05) is 0 Å². The molecule has 0 saturated carbocycles. The van der Waals surface area contributed by atoms with Crippen LogP contribution in [0.5, 0.6) is 0 Å². The predicted molar refractivity (Wildman–Crippen MR) is 247 cm³/mol. The molecule has 0 fully saturated rings. The number of carbonyl (C=O) groups excluding carboxylic acids is 3. The molecule has 0 N–H and O–H groups in total. The van der Waals surface area contributed by atoms with Gasteiger partial charge in [0.2, 0.25) is 0 Å². The molecule has 1 atom stereocenters. The summed E-state index contributed by atoms with van der Waals surface area (Å²) < 4.78 is 16.7. The summed E-state index contributed by atoms with van der Waals surface area (Å²) in [5.41, 5.74) is 0. The van der Waals surface area contributed by atoms with Crippen molar-refractivity contribution in [3.05, 3.63) is 60.8 Å². The van der Waals surface area contributed by atoms with Gasteiger partial charge in [-0.3, -0.25) is 14.4 Å². The zero-order chi connectivity index (χ0) is 42.3. The van der Waals surface area contributed by atoms with Gasteiger partial charge in [0, 0.05) is 19.3 Å². The molecule has 58 heavy (non-hydrogen) atoms. The highest BCUT2D eigenvalue weighted by Gasteiger charge is 2.19. The summed E-state index contributed by atoms with van der Waals surface area (Å²) in [7, 11) is 0. The van der Waals surface area contributed by atoms with E-state index in [0.717, 1.165) is 109 Å². The van der Waals surface area contributed by atoms with Gasteiger partial charge in [0.15, 0.2) is 6.10 Å². The Hall–Kier alpha value is -2.89. The smallest absolute Gasteiger partial charge is 0.306 e. The van der Waals surface area contributed by atoms with Crippen molar-refractivity contribution in [3.63, 3.8) is 0 Å². The van der Waals surface area contributed by atoms with Gasteiger partial charge in [-0.1, -0.05) is 184 Å². The Kier molecular flexibility index (Phi) is 44.5. The van der Waals surface area contributed by atoms with E-state index in [1.54, 1.807) is 0 Å². The number of hydrogen-bond donors (Lipinski definition) is 0. The fraction of sp³-hybridized carbons (Fsp3) is 0.750. The van der Waals surface area contributed by atoms with Crippen LogP contribution in [-0.2, 0) is 28.6 Å². The quantitative estimate of drug-likeness (QED) is 0.0264. The van der Waals surface area contributed by atoms with E-state index in [-0.39, 0.29) is 31.1 Å². The van der Waals surface area contributed by atoms with Crippen LogP contribution in [0.25, 0.3) is 0 Å². The standard InChI is InChI=1S/C52H90O6/c1-4-7-10-13-16-19-22-23-24-25-26-27-28-29-31-33-36-39-42-45-51(54)57-48-49(47-56-50(53)44-41-38-35-32-21-18-15-12-9-6-3)58-52(55)46-43-40-37-34-30-20-17-14-11-8-5-2/h7,10,14-19,23-24,49H,4-6,8-9,11-13,20-22,25-48H2,1-3H3/b10-7-,17-14-,18-15-,19-16-,24-23-. The summed E-state index contributed by atoms with van der Waals surface area (Å²) in [6.07, 6.45) is 56.4. The van der Waals surface area contributed by atoms with E-state index in [4.69, 9.17) is 14.2 Å². The molecule has 0 bridgehead atoms. The molecule has 0 amide bonds. The molecule has 6 nitrogen and oxygen atoms in total. The first-order valence-electron chi connectivity index (χ1n) is 24.3. The van der Waals surface area contributed by atoms with Crippen LogP contribution in [0.4, 0.5) is 0 Å². The summed E-state index contributed by atoms with van der Waals surface area (Å²) >= 11 is 0. The maximum absolute atomic E-state index is 12.7. The minimum absolute atomic E-state index is 0.0841. The number of esters is 3. The second kappa shape index (κ2) is 46.8. The lowest BCUT2D eigenvalue weighted by molar-refractivity contribution is -0.167. The van der Waals surface area contributed by atoms with Gasteiger partial charge in [0.1, 0.15) is 13.2 Å². The van der Waals surface area contributed by atoms with Gasteiger partial charge in [0.05, 0.1) is 0 Å². The molecule has 0 aliphatic heterocycles. The summed E-state index contributed by atoms with van der Waals surface area (Å²) in [6, 6.07) is 0. The predicted octanol–water partition coefficient (Wildman–Crippen LogP) is 15.7. The molecule has 0 heterocycles. The molecule has 1 unspecified atom stereocenters. The molecule has 6 heteroatoms. The number of hydrogen-bond acceptors (Lipinski definition) is 6. The Labute approximate surface area is 358 Å². The highest BCUT2D eigenvalue weighted by Crippen LogP contribution is 2.14. The Morgan fingerprint density at radius 1 is 0.362 bits per heavy atom. The molecule has 334 valence electrons. The summed E-state index contributed by atoms with van der Waals surface area (Å²) in [4.78, 5) is 37.8. The van der Waals surface area contributed by atoms with Crippen molar-refractivity contribution in [2.45, 2.75) is 239 Å². The Bertz CT molecular complexity index is 1070. The van der Waals surface area contributed by atoms with Crippen molar-refractivity contribution >= 4 is 17.9 Å². The van der Waals surface area contributed by atoms with Crippen molar-refractivity contribution in [2.75, 3.05) is 13.2 Å². The number of ether oxygens (including phenoxy) is 3. The van der Waals surface area contributed by atoms with Gasteiger partial charge in [-0.05, 0) is 89.9 Å². The van der Waals surface area contributed by atoms with Crippen LogP contribution in [0.2, 0.25) is 0 Å². The van der Waals surface area contributed by atoms with Crippen LogP contribution >= 0.6 is 0 Å². The van der Waals surface area contributed by atoms with Crippen molar-refractivity contribution < 1.29 is 28.6 Å². The van der Waals surface area contributed by atoms with E-state index < -0.39 is 6.10 Å². The fourth-order valence-electron chi connectivity index (χ4n) is 6.53. The van der Waals surface area contributed by atoms with Crippen LogP contribution in [-0.4, -0.2) is 37.2 Å². The highest BCUT2D eigenvalue weighted by atomic mass is 16.6. The second-order valence-corrected chi connectivity index (χ2v) is 16.0. The van der Waals surface area contributed by atoms with Crippen LogP contribution in [0.1, 0.15) is 233 Å². The summed E-state index contributed by atoms with van der Waals surface area (Å²) in [5, 5.41) is 0. The van der Waals surface area contributed by atoms with Crippen molar-refractivity contribution in [3.8, 4) is 0 Å². The molecule has 0 radical (unpaired) electrons. The fourth-order valence-corrected chi connectivity index (χ4v) is 6.53. The molecule has 0 saturated heterocycles. The van der Waals surface area contributed by atoms with Crippen LogP contribution in [0, 0.1) is 0 Å².